The maximum absolute atomic E-state index is 11.7. The summed E-state index contributed by atoms with van der Waals surface area (Å²) in [5.41, 5.74) is -0.540. The highest BCUT2D eigenvalue weighted by molar-refractivity contribution is 5.81. The van der Waals surface area contributed by atoms with E-state index in [1.807, 2.05) is 6.92 Å². The van der Waals surface area contributed by atoms with Crippen molar-refractivity contribution in [2.45, 2.75) is 52.9 Å². The lowest BCUT2D eigenvalue weighted by atomic mass is 9.91. The third kappa shape index (κ3) is 14.1. The van der Waals surface area contributed by atoms with E-state index in [1.54, 1.807) is 13.8 Å². The molecular weight excluding hydrogens is 382 g/mol. The van der Waals surface area contributed by atoms with E-state index in [1.165, 1.54) is 0 Å². The molecule has 0 saturated carbocycles. The van der Waals surface area contributed by atoms with Crippen LogP contribution in [-0.4, -0.2) is 57.0 Å². The van der Waals surface area contributed by atoms with Gasteiger partial charge in [-0.05, 0) is 39.5 Å². The average Bonchev–Trinajstić information content (AvgIpc) is 2.70. The number of unbranched alkanes of at least 4 members (excludes halogenated alkanes) is 2. The van der Waals surface area contributed by atoms with E-state index >= 15 is 0 Å². The summed E-state index contributed by atoms with van der Waals surface area (Å²) in [6.07, 6.45) is 3.26. The van der Waals surface area contributed by atoms with Crippen LogP contribution in [0.1, 0.15) is 52.9 Å². The van der Waals surface area contributed by atoms with Crippen molar-refractivity contribution in [3.05, 3.63) is 12.7 Å². The van der Waals surface area contributed by atoms with E-state index in [-0.39, 0.29) is 51.3 Å². The zero-order chi connectivity index (χ0) is 22.1. The third-order valence-corrected chi connectivity index (χ3v) is 4.06. The van der Waals surface area contributed by atoms with Crippen LogP contribution in [0.5, 0.6) is 0 Å². The highest BCUT2D eigenvalue weighted by atomic mass is 16.6. The van der Waals surface area contributed by atoms with Gasteiger partial charge in [0.15, 0.2) is 0 Å². The lowest BCUT2D eigenvalue weighted by molar-refractivity contribution is -0.159. The van der Waals surface area contributed by atoms with Gasteiger partial charge in [0.2, 0.25) is 0 Å². The average molecular weight is 415 g/mol. The van der Waals surface area contributed by atoms with E-state index in [9.17, 15) is 19.2 Å². The van der Waals surface area contributed by atoms with Crippen LogP contribution in [0.4, 0.5) is 4.79 Å². The molecule has 166 valence electrons. The molecule has 0 aliphatic rings. The minimum atomic E-state index is -0.597. The molecule has 1 amide bonds. The second kappa shape index (κ2) is 15.4. The molecule has 0 heterocycles. The van der Waals surface area contributed by atoms with E-state index in [0.717, 1.165) is 6.08 Å². The fourth-order valence-electron chi connectivity index (χ4n) is 1.83. The maximum Gasteiger partial charge on any atom is 0.407 e. The van der Waals surface area contributed by atoms with Crippen molar-refractivity contribution in [1.82, 2.24) is 5.32 Å². The van der Waals surface area contributed by atoms with Crippen LogP contribution in [0, 0.1) is 5.41 Å². The van der Waals surface area contributed by atoms with Crippen LogP contribution in [0.2, 0.25) is 0 Å². The van der Waals surface area contributed by atoms with Gasteiger partial charge in [0.05, 0.1) is 18.6 Å². The lowest BCUT2D eigenvalue weighted by Gasteiger charge is -2.20. The quantitative estimate of drug-likeness (QED) is 0.188. The summed E-state index contributed by atoms with van der Waals surface area (Å²) in [6, 6.07) is 0. The summed E-state index contributed by atoms with van der Waals surface area (Å²) in [5, 5.41) is 2.44. The number of carbonyl (C=O) groups is 4. The smallest absolute Gasteiger partial charge is 0.407 e. The van der Waals surface area contributed by atoms with Crippen molar-refractivity contribution < 1.29 is 38.1 Å². The maximum atomic E-state index is 11.7. The molecule has 9 heteroatoms. The van der Waals surface area contributed by atoms with Gasteiger partial charge in [-0.15, -0.1) is 0 Å². The summed E-state index contributed by atoms with van der Waals surface area (Å²) in [4.78, 5) is 45.5. The van der Waals surface area contributed by atoms with Gasteiger partial charge in [0.25, 0.3) is 0 Å². The Kier molecular flexibility index (Phi) is 14.0. The predicted octanol–water partition coefficient (Wildman–Crippen LogP) is 2.52. The van der Waals surface area contributed by atoms with Crippen molar-refractivity contribution in [3.63, 3.8) is 0 Å². The van der Waals surface area contributed by atoms with Crippen LogP contribution >= 0.6 is 0 Å². The van der Waals surface area contributed by atoms with Gasteiger partial charge < -0.3 is 24.3 Å². The highest BCUT2D eigenvalue weighted by Crippen LogP contribution is 2.21. The molecule has 0 fully saturated rings. The fourth-order valence-corrected chi connectivity index (χ4v) is 1.83. The highest BCUT2D eigenvalue weighted by Gasteiger charge is 2.26. The largest absolute Gasteiger partial charge is 0.462 e. The number of rotatable bonds is 15. The molecular formula is C20H33NO8. The first-order chi connectivity index (χ1) is 13.7. The first kappa shape index (κ1) is 26.4. The molecule has 9 nitrogen and oxygen atoms in total. The van der Waals surface area contributed by atoms with Gasteiger partial charge in [-0.25, -0.2) is 9.59 Å². The minimum Gasteiger partial charge on any atom is -0.462 e. The lowest BCUT2D eigenvalue weighted by Crippen LogP contribution is -2.28. The van der Waals surface area contributed by atoms with E-state index < -0.39 is 17.5 Å². The molecule has 0 saturated heterocycles. The SMILES string of the molecule is C=CC(=O)OCCNC(=O)OCCCCCC(=O)OCCOC(=O)C(C)(C)CC. The summed E-state index contributed by atoms with van der Waals surface area (Å²) < 4.78 is 19.7. The second-order valence-electron chi connectivity index (χ2n) is 6.84. The van der Waals surface area contributed by atoms with Crippen molar-refractivity contribution >= 4 is 24.0 Å². The zero-order valence-electron chi connectivity index (χ0n) is 17.6. The Labute approximate surface area is 172 Å². The number of carbonyl (C=O) groups excluding carboxylic acids is 4. The number of alkyl carbamates (subject to hydrolysis) is 1. The second-order valence-corrected chi connectivity index (χ2v) is 6.84. The number of esters is 3. The number of hydrogen-bond acceptors (Lipinski definition) is 8. The Hall–Kier alpha value is -2.58. The molecule has 0 rings (SSSR count). The van der Waals surface area contributed by atoms with Crippen LogP contribution in [0.15, 0.2) is 12.7 Å². The molecule has 0 aromatic heterocycles. The van der Waals surface area contributed by atoms with Gasteiger partial charge in [-0.2, -0.15) is 0 Å². The predicted molar refractivity (Wildman–Crippen MR) is 105 cm³/mol. The van der Waals surface area contributed by atoms with Crippen molar-refractivity contribution in [2.24, 2.45) is 5.41 Å². The van der Waals surface area contributed by atoms with Gasteiger partial charge in [0.1, 0.15) is 19.8 Å². The Bertz CT molecular complexity index is 545. The monoisotopic (exact) mass is 415 g/mol. The normalized spacial score (nSPS) is 10.6. The minimum absolute atomic E-state index is 0.0375. The van der Waals surface area contributed by atoms with Crippen molar-refractivity contribution in [1.29, 1.82) is 0 Å². The molecule has 1 N–H and O–H groups in total. The van der Waals surface area contributed by atoms with Gasteiger partial charge in [-0.3, -0.25) is 9.59 Å². The van der Waals surface area contributed by atoms with Crippen LogP contribution in [0.25, 0.3) is 0 Å². The number of nitrogens with one attached hydrogen (secondary N) is 1. The molecule has 0 bridgehead atoms. The number of amides is 1. The van der Waals surface area contributed by atoms with Crippen LogP contribution < -0.4 is 5.32 Å². The molecule has 0 aromatic carbocycles. The number of hydrogen-bond donors (Lipinski definition) is 1. The molecule has 29 heavy (non-hydrogen) atoms. The fraction of sp³-hybridized carbons (Fsp3) is 0.700. The van der Waals surface area contributed by atoms with Crippen molar-refractivity contribution in [3.8, 4) is 0 Å². The first-order valence-corrected chi connectivity index (χ1v) is 9.75. The summed E-state index contributed by atoms with van der Waals surface area (Å²) in [7, 11) is 0. The van der Waals surface area contributed by atoms with Gasteiger partial charge in [0, 0.05) is 12.5 Å². The van der Waals surface area contributed by atoms with E-state index in [4.69, 9.17) is 18.9 Å². The topological polar surface area (TPSA) is 117 Å². The molecule has 0 aliphatic carbocycles. The van der Waals surface area contributed by atoms with Crippen LogP contribution in [0.3, 0.4) is 0 Å². The van der Waals surface area contributed by atoms with Crippen LogP contribution in [-0.2, 0) is 33.3 Å². The third-order valence-electron chi connectivity index (χ3n) is 4.06. The molecule has 0 aliphatic heterocycles. The number of ether oxygens (including phenoxy) is 4. The molecule has 0 spiro atoms. The molecule has 0 aromatic rings. The van der Waals surface area contributed by atoms with E-state index in [0.29, 0.717) is 25.7 Å². The zero-order valence-corrected chi connectivity index (χ0v) is 17.6. The standard InChI is InChI=1S/C20H33NO8/c1-5-16(22)26-13-11-21-19(25)29-12-9-7-8-10-17(23)27-14-15-28-18(24)20(3,4)6-2/h5H,1,6-15H2,2-4H3,(H,21,25). The summed E-state index contributed by atoms with van der Waals surface area (Å²) >= 11 is 0. The first-order valence-electron chi connectivity index (χ1n) is 9.75. The molecule has 0 unspecified atom stereocenters. The summed E-state index contributed by atoms with van der Waals surface area (Å²) in [6.45, 7) is 9.25. The Morgan fingerprint density at radius 1 is 0.897 bits per heavy atom. The van der Waals surface area contributed by atoms with Crippen molar-refractivity contribution in [2.75, 3.05) is 33.0 Å². The van der Waals surface area contributed by atoms with E-state index in [2.05, 4.69) is 11.9 Å². The van der Waals surface area contributed by atoms with Gasteiger partial charge >= 0.3 is 24.0 Å². The molecule has 0 atom stereocenters. The van der Waals surface area contributed by atoms with Gasteiger partial charge in [-0.1, -0.05) is 13.5 Å². The Morgan fingerprint density at radius 3 is 2.24 bits per heavy atom. The molecule has 0 radical (unpaired) electrons. The Morgan fingerprint density at radius 2 is 1.59 bits per heavy atom. The Balaban J connectivity index is 3.55. The summed E-state index contributed by atoms with van der Waals surface area (Å²) in [5.74, 6) is -1.22.